The predicted molar refractivity (Wildman–Crippen MR) is 101 cm³/mol. The molecule has 0 unspecified atom stereocenters. The summed E-state index contributed by atoms with van der Waals surface area (Å²) in [5.41, 5.74) is -0.157. The fourth-order valence-corrected chi connectivity index (χ4v) is 3.33. The third-order valence-electron chi connectivity index (χ3n) is 4.83. The Kier molecular flexibility index (Phi) is 6.12. The summed E-state index contributed by atoms with van der Waals surface area (Å²) in [6.07, 6.45) is 7.40. The van der Waals surface area contributed by atoms with Crippen LogP contribution in [0.1, 0.15) is 68.1 Å². The van der Waals surface area contributed by atoms with Gasteiger partial charge < -0.3 is 14.6 Å². The van der Waals surface area contributed by atoms with Crippen LogP contribution in [0.2, 0.25) is 0 Å². The van der Waals surface area contributed by atoms with E-state index in [1.54, 1.807) is 18.2 Å². The molecule has 27 heavy (non-hydrogen) atoms. The number of carbonyl (C=O) groups is 1. The molecule has 1 N–H and O–H groups in total. The van der Waals surface area contributed by atoms with Crippen LogP contribution < -0.4 is 4.74 Å². The van der Waals surface area contributed by atoms with Gasteiger partial charge >= 0.3 is 5.97 Å². The van der Waals surface area contributed by atoms with Gasteiger partial charge in [-0.3, -0.25) is 0 Å². The van der Waals surface area contributed by atoms with E-state index in [1.165, 1.54) is 6.42 Å². The van der Waals surface area contributed by atoms with E-state index in [9.17, 15) is 15.2 Å². The average molecular weight is 368 g/mol. The number of rotatable bonds is 6. The van der Waals surface area contributed by atoms with Gasteiger partial charge in [0.15, 0.2) is 11.4 Å². The van der Waals surface area contributed by atoms with Crippen LogP contribution in [0.3, 0.4) is 0 Å². The molecule has 0 radical (unpaired) electrons. The smallest absolute Gasteiger partial charge is 0.360 e. The molecule has 1 heterocycles. The van der Waals surface area contributed by atoms with Gasteiger partial charge in [-0.2, -0.15) is 5.26 Å². The van der Waals surface area contributed by atoms with Crippen molar-refractivity contribution in [3.05, 3.63) is 29.6 Å². The number of fused-ring (bicyclic) bond motifs is 1. The van der Waals surface area contributed by atoms with Gasteiger partial charge in [0, 0.05) is 10.8 Å². The van der Waals surface area contributed by atoms with Crippen LogP contribution in [0.25, 0.3) is 10.8 Å². The van der Waals surface area contributed by atoms with E-state index in [0.717, 1.165) is 38.5 Å². The molecular formula is C21H24N2O4. The second-order valence-corrected chi connectivity index (χ2v) is 6.84. The van der Waals surface area contributed by atoms with Crippen molar-refractivity contribution in [1.82, 2.24) is 4.98 Å². The Bertz CT molecular complexity index is 867. The average Bonchev–Trinajstić information content (AvgIpc) is 2.69. The number of unbranched alkanes of at least 4 members (excludes halogenated alkanes) is 1. The van der Waals surface area contributed by atoms with Gasteiger partial charge in [-0.15, -0.1) is 0 Å². The van der Waals surface area contributed by atoms with Gasteiger partial charge in [0.1, 0.15) is 17.5 Å². The summed E-state index contributed by atoms with van der Waals surface area (Å²) in [7, 11) is 0. The molecule has 1 fully saturated rings. The standard InChI is InChI=1S/C21H24N2O4/c1-2-3-11-26-21(25)19-20(24)16-10-9-15(12-17(16)18(13-22)23-19)27-14-7-5-4-6-8-14/h9-10,12,14,24H,2-8,11H2,1H3. The van der Waals surface area contributed by atoms with Crippen molar-refractivity contribution in [2.75, 3.05) is 6.61 Å². The van der Waals surface area contributed by atoms with E-state index >= 15 is 0 Å². The van der Waals surface area contributed by atoms with Crippen LogP contribution in [-0.2, 0) is 4.74 Å². The molecule has 1 saturated carbocycles. The van der Waals surface area contributed by atoms with Crippen LogP contribution in [0.15, 0.2) is 18.2 Å². The molecule has 1 aromatic heterocycles. The highest BCUT2D eigenvalue weighted by atomic mass is 16.5. The summed E-state index contributed by atoms with van der Waals surface area (Å²) in [4.78, 5) is 16.2. The van der Waals surface area contributed by atoms with E-state index < -0.39 is 5.97 Å². The zero-order valence-corrected chi connectivity index (χ0v) is 15.5. The molecule has 1 aliphatic carbocycles. The summed E-state index contributed by atoms with van der Waals surface area (Å²) < 4.78 is 11.2. The Balaban J connectivity index is 1.91. The molecule has 142 valence electrons. The number of esters is 1. The monoisotopic (exact) mass is 368 g/mol. The van der Waals surface area contributed by atoms with Crippen molar-refractivity contribution in [3.8, 4) is 17.6 Å². The summed E-state index contributed by atoms with van der Waals surface area (Å²) in [6, 6.07) is 7.13. The first-order chi connectivity index (χ1) is 13.1. The first-order valence-electron chi connectivity index (χ1n) is 9.54. The maximum atomic E-state index is 12.2. The van der Waals surface area contributed by atoms with Crippen molar-refractivity contribution in [3.63, 3.8) is 0 Å². The minimum absolute atomic E-state index is 0.0688. The van der Waals surface area contributed by atoms with E-state index in [-0.39, 0.29) is 29.8 Å². The van der Waals surface area contributed by atoms with Crippen molar-refractivity contribution in [1.29, 1.82) is 5.26 Å². The zero-order chi connectivity index (χ0) is 19.2. The number of pyridine rings is 1. The first-order valence-corrected chi connectivity index (χ1v) is 9.54. The largest absolute Gasteiger partial charge is 0.505 e. The summed E-state index contributed by atoms with van der Waals surface area (Å²) in [6.45, 7) is 2.24. The molecule has 0 saturated heterocycles. The van der Waals surface area contributed by atoms with Gasteiger partial charge in [-0.05, 0) is 50.3 Å². The van der Waals surface area contributed by atoms with Crippen molar-refractivity contribution >= 4 is 16.7 Å². The lowest BCUT2D eigenvalue weighted by Gasteiger charge is -2.23. The maximum Gasteiger partial charge on any atom is 0.360 e. The normalized spacial score (nSPS) is 14.7. The van der Waals surface area contributed by atoms with Gasteiger partial charge in [-0.1, -0.05) is 19.8 Å². The molecule has 0 atom stereocenters. The topological polar surface area (TPSA) is 92.4 Å². The Labute approximate surface area is 158 Å². The quantitative estimate of drug-likeness (QED) is 0.597. The van der Waals surface area contributed by atoms with Crippen molar-refractivity contribution < 1.29 is 19.4 Å². The molecule has 2 aromatic rings. The third-order valence-corrected chi connectivity index (χ3v) is 4.83. The van der Waals surface area contributed by atoms with E-state index in [1.807, 2.05) is 13.0 Å². The fourth-order valence-electron chi connectivity index (χ4n) is 3.33. The molecule has 3 rings (SSSR count). The molecular weight excluding hydrogens is 344 g/mol. The highest BCUT2D eigenvalue weighted by Crippen LogP contribution is 2.33. The number of carbonyl (C=O) groups excluding carboxylic acids is 1. The second-order valence-electron chi connectivity index (χ2n) is 6.84. The van der Waals surface area contributed by atoms with Crippen LogP contribution in [-0.4, -0.2) is 28.8 Å². The van der Waals surface area contributed by atoms with Gasteiger partial charge in [0.2, 0.25) is 0 Å². The SMILES string of the molecule is CCCCOC(=O)c1nc(C#N)c2cc(OC3CCCCC3)ccc2c1O. The van der Waals surface area contributed by atoms with E-state index in [0.29, 0.717) is 16.5 Å². The second kappa shape index (κ2) is 8.72. The lowest BCUT2D eigenvalue weighted by Crippen LogP contribution is -2.19. The Hall–Kier alpha value is -2.81. The predicted octanol–water partition coefficient (Wildman–Crippen LogP) is 4.48. The molecule has 6 heteroatoms. The zero-order valence-electron chi connectivity index (χ0n) is 15.5. The molecule has 0 amide bonds. The summed E-state index contributed by atoms with van der Waals surface area (Å²) in [5, 5.41) is 20.8. The number of nitriles is 1. The van der Waals surface area contributed by atoms with Crippen LogP contribution in [0.5, 0.6) is 11.5 Å². The number of ether oxygens (including phenoxy) is 2. The minimum atomic E-state index is -0.720. The van der Waals surface area contributed by atoms with E-state index in [4.69, 9.17) is 9.47 Å². The number of aromatic hydroxyl groups is 1. The first kappa shape index (κ1) is 19.0. The Morgan fingerprint density at radius 2 is 2.07 bits per heavy atom. The van der Waals surface area contributed by atoms with Crippen LogP contribution >= 0.6 is 0 Å². The molecule has 1 aliphatic rings. The highest BCUT2D eigenvalue weighted by molar-refractivity contribution is 6.01. The molecule has 0 bridgehead atoms. The number of hydrogen-bond acceptors (Lipinski definition) is 6. The molecule has 1 aromatic carbocycles. The lowest BCUT2D eigenvalue weighted by atomic mass is 9.98. The lowest BCUT2D eigenvalue weighted by molar-refractivity contribution is 0.0489. The van der Waals surface area contributed by atoms with Crippen molar-refractivity contribution in [2.45, 2.75) is 58.0 Å². The number of benzene rings is 1. The maximum absolute atomic E-state index is 12.2. The molecule has 0 aliphatic heterocycles. The summed E-state index contributed by atoms with van der Waals surface area (Å²) in [5.74, 6) is -0.345. The Morgan fingerprint density at radius 3 is 2.78 bits per heavy atom. The Morgan fingerprint density at radius 1 is 1.30 bits per heavy atom. The highest BCUT2D eigenvalue weighted by Gasteiger charge is 2.21. The molecule has 0 spiro atoms. The van der Waals surface area contributed by atoms with Crippen LogP contribution in [0, 0.1) is 11.3 Å². The number of aromatic nitrogens is 1. The fraction of sp³-hybridized carbons (Fsp3) is 0.476. The van der Waals surface area contributed by atoms with Gasteiger partial charge in [0.05, 0.1) is 12.7 Å². The van der Waals surface area contributed by atoms with Crippen molar-refractivity contribution in [2.24, 2.45) is 0 Å². The third kappa shape index (κ3) is 4.30. The van der Waals surface area contributed by atoms with E-state index in [2.05, 4.69) is 4.98 Å². The molecule has 6 nitrogen and oxygen atoms in total. The number of nitrogens with zero attached hydrogens (tertiary/aromatic N) is 2. The van der Waals surface area contributed by atoms with Gasteiger partial charge in [0.25, 0.3) is 0 Å². The van der Waals surface area contributed by atoms with Gasteiger partial charge in [-0.25, -0.2) is 9.78 Å². The van der Waals surface area contributed by atoms with Crippen LogP contribution in [0.4, 0.5) is 0 Å². The minimum Gasteiger partial charge on any atom is -0.505 e. The summed E-state index contributed by atoms with van der Waals surface area (Å²) >= 11 is 0. The number of hydrogen-bond donors (Lipinski definition) is 1.